The normalized spacial score (nSPS) is 29.8. The maximum atomic E-state index is 13.0. The van der Waals surface area contributed by atoms with Gasteiger partial charge in [0.2, 0.25) is 0 Å². The monoisotopic (exact) mass is 320 g/mol. The second-order valence-corrected chi connectivity index (χ2v) is 5.70. The van der Waals surface area contributed by atoms with Crippen LogP contribution >= 0.6 is 24.8 Å². The van der Waals surface area contributed by atoms with Gasteiger partial charge in [-0.05, 0) is 42.9 Å². The van der Waals surface area contributed by atoms with Gasteiger partial charge in [-0.1, -0.05) is 18.6 Å². The number of hydrogen-bond acceptors (Lipinski definition) is 2. The Balaban J connectivity index is 0.000001000. The molecule has 3 atom stereocenters. The molecule has 1 aliphatic heterocycles. The van der Waals surface area contributed by atoms with Gasteiger partial charge >= 0.3 is 0 Å². The molecule has 1 heterocycles. The van der Waals surface area contributed by atoms with Crippen molar-refractivity contribution >= 4 is 24.8 Å². The van der Waals surface area contributed by atoms with Crippen LogP contribution in [-0.4, -0.2) is 30.1 Å². The standard InChI is InChI=1S/C15H21FN2.2ClH/c16-12-6-4-11(5-7-12)14-2-1-3-15(14)18-9-8-13(17)10-18;;/h4-7,13-15H,1-3,8-10,17H2;2*1H/t13-,14?,15?;;/m1../s1. The molecular weight excluding hydrogens is 298 g/mol. The van der Waals surface area contributed by atoms with Crippen molar-refractivity contribution in [3.05, 3.63) is 35.6 Å². The smallest absolute Gasteiger partial charge is 0.123 e. The number of likely N-dealkylation sites (tertiary alicyclic amines) is 1. The maximum absolute atomic E-state index is 13.0. The van der Waals surface area contributed by atoms with E-state index in [0.717, 1.165) is 19.5 Å². The lowest BCUT2D eigenvalue weighted by Gasteiger charge is -2.29. The molecule has 0 bridgehead atoms. The minimum atomic E-state index is -0.142. The van der Waals surface area contributed by atoms with Gasteiger partial charge in [-0.15, -0.1) is 24.8 Å². The molecule has 2 unspecified atom stereocenters. The van der Waals surface area contributed by atoms with Crippen molar-refractivity contribution in [2.24, 2.45) is 5.73 Å². The Morgan fingerprint density at radius 3 is 2.35 bits per heavy atom. The Morgan fingerprint density at radius 2 is 1.75 bits per heavy atom. The molecule has 1 saturated heterocycles. The third-order valence-electron chi connectivity index (χ3n) is 4.50. The Morgan fingerprint density at radius 1 is 1.05 bits per heavy atom. The van der Waals surface area contributed by atoms with Crippen LogP contribution < -0.4 is 5.73 Å². The Labute approximate surface area is 132 Å². The Bertz CT molecular complexity index is 413. The van der Waals surface area contributed by atoms with E-state index in [1.807, 2.05) is 12.1 Å². The van der Waals surface area contributed by atoms with Crippen LogP contribution in [0, 0.1) is 5.82 Å². The summed E-state index contributed by atoms with van der Waals surface area (Å²) >= 11 is 0. The van der Waals surface area contributed by atoms with E-state index < -0.39 is 0 Å². The predicted molar refractivity (Wildman–Crippen MR) is 85.4 cm³/mol. The topological polar surface area (TPSA) is 29.3 Å². The molecule has 2 nitrogen and oxygen atoms in total. The molecule has 1 aromatic rings. The quantitative estimate of drug-likeness (QED) is 0.905. The van der Waals surface area contributed by atoms with Gasteiger partial charge in [-0.25, -0.2) is 4.39 Å². The Hall–Kier alpha value is -0.350. The van der Waals surface area contributed by atoms with Crippen molar-refractivity contribution in [2.75, 3.05) is 13.1 Å². The summed E-state index contributed by atoms with van der Waals surface area (Å²) in [6.45, 7) is 2.16. The van der Waals surface area contributed by atoms with E-state index in [4.69, 9.17) is 5.73 Å². The highest BCUT2D eigenvalue weighted by atomic mass is 35.5. The second kappa shape index (κ2) is 7.60. The number of hydrogen-bond donors (Lipinski definition) is 1. The van der Waals surface area contributed by atoms with Gasteiger partial charge in [0.25, 0.3) is 0 Å². The fraction of sp³-hybridized carbons (Fsp3) is 0.600. The summed E-state index contributed by atoms with van der Waals surface area (Å²) in [5.41, 5.74) is 7.30. The van der Waals surface area contributed by atoms with Gasteiger partial charge in [-0.2, -0.15) is 0 Å². The molecule has 1 saturated carbocycles. The summed E-state index contributed by atoms with van der Waals surface area (Å²) in [6, 6.07) is 8.03. The van der Waals surface area contributed by atoms with Crippen LogP contribution in [0.1, 0.15) is 37.2 Å². The Kier molecular flexibility index (Phi) is 6.73. The first kappa shape index (κ1) is 17.7. The summed E-state index contributed by atoms with van der Waals surface area (Å²) < 4.78 is 13.0. The molecule has 0 spiro atoms. The van der Waals surface area contributed by atoms with E-state index in [1.165, 1.54) is 24.8 Å². The predicted octanol–water partition coefficient (Wildman–Crippen LogP) is 3.34. The number of rotatable bonds is 2. The fourth-order valence-electron chi connectivity index (χ4n) is 3.59. The van der Waals surface area contributed by atoms with Crippen LogP contribution in [0.5, 0.6) is 0 Å². The van der Waals surface area contributed by atoms with Crippen molar-refractivity contribution in [3.8, 4) is 0 Å². The van der Waals surface area contributed by atoms with E-state index >= 15 is 0 Å². The summed E-state index contributed by atoms with van der Waals surface area (Å²) in [7, 11) is 0. The summed E-state index contributed by atoms with van der Waals surface area (Å²) in [5, 5.41) is 0. The molecule has 20 heavy (non-hydrogen) atoms. The summed E-state index contributed by atoms with van der Waals surface area (Å²) in [4.78, 5) is 2.55. The van der Waals surface area contributed by atoms with E-state index in [-0.39, 0.29) is 30.6 Å². The molecule has 114 valence electrons. The maximum Gasteiger partial charge on any atom is 0.123 e. The average Bonchev–Trinajstić information content (AvgIpc) is 2.98. The van der Waals surface area contributed by atoms with Crippen molar-refractivity contribution < 1.29 is 4.39 Å². The van der Waals surface area contributed by atoms with Crippen LogP contribution in [0.15, 0.2) is 24.3 Å². The van der Waals surface area contributed by atoms with E-state index in [2.05, 4.69) is 4.90 Å². The fourth-order valence-corrected chi connectivity index (χ4v) is 3.59. The van der Waals surface area contributed by atoms with Gasteiger partial charge in [0, 0.05) is 25.2 Å². The van der Waals surface area contributed by atoms with Crippen LogP contribution in [0.25, 0.3) is 0 Å². The first-order valence-corrected chi connectivity index (χ1v) is 6.99. The highest BCUT2D eigenvalue weighted by molar-refractivity contribution is 5.85. The third kappa shape index (κ3) is 3.64. The lowest BCUT2D eigenvalue weighted by atomic mass is 9.93. The molecule has 1 aliphatic carbocycles. The van der Waals surface area contributed by atoms with E-state index in [0.29, 0.717) is 18.0 Å². The van der Waals surface area contributed by atoms with Gasteiger partial charge in [0.1, 0.15) is 5.82 Å². The second-order valence-electron chi connectivity index (χ2n) is 5.70. The van der Waals surface area contributed by atoms with Crippen LogP contribution in [0.4, 0.5) is 4.39 Å². The van der Waals surface area contributed by atoms with E-state index in [9.17, 15) is 4.39 Å². The molecule has 3 rings (SSSR count). The van der Waals surface area contributed by atoms with Crippen molar-refractivity contribution in [2.45, 2.75) is 43.7 Å². The summed E-state index contributed by atoms with van der Waals surface area (Å²) in [5.74, 6) is 0.424. The number of nitrogens with two attached hydrogens (primary N) is 1. The molecular formula is C15H23Cl2FN2. The van der Waals surface area contributed by atoms with Crippen molar-refractivity contribution in [1.29, 1.82) is 0 Å². The average molecular weight is 321 g/mol. The first-order chi connectivity index (χ1) is 8.74. The summed E-state index contributed by atoms with van der Waals surface area (Å²) in [6.07, 6.45) is 4.88. The molecule has 1 aromatic carbocycles. The van der Waals surface area contributed by atoms with Crippen LogP contribution in [0.2, 0.25) is 0 Å². The largest absolute Gasteiger partial charge is 0.326 e. The zero-order valence-corrected chi connectivity index (χ0v) is 13.1. The minimum absolute atomic E-state index is 0. The number of halogens is 3. The highest BCUT2D eigenvalue weighted by Gasteiger charge is 2.35. The zero-order chi connectivity index (χ0) is 12.5. The number of benzene rings is 1. The lowest BCUT2D eigenvalue weighted by Crippen LogP contribution is -2.37. The van der Waals surface area contributed by atoms with Crippen molar-refractivity contribution in [1.82, 2.24) is 4.90 Å². The van der Waals surface area contributed by atoms with Gasteiger partial charge < -0.3 is 5.73 Å². The van der Waals surface area contributed by atoms with Crippen LogP contribution in [-0.2, 0) is 0 Å². The lowest BCUT2D eigenvalue weighted by molar-refractivity contribution is 0.225. The SMILES string of the molecule is Cl.Cl.N[C@@H]1CCN(C2CCCC2c2ccc(F)cc2)C1. The molecule has 2 fully saturated rings. The minimum Gasteiger partial charge on any atom is -0.326 e. The number of nitrogens with zero attached hydrogens (tertiary/aromatic N) is 1. The molecule has 0 aromatic heterocycles. The molecule has 2 N–H and O–H groups in total. The highest BCUT2D eigenvalue weighted by Crippen LogP contribution is 2.38. The molecule has 5 heteroatoms. The van der Waals surface area contributed by atoms with Gasteiger partial charge in [0.05, 0.1) is 0 Å². The molecule has 0 radical (unpaired) electrons. The molecule has 0 amide bonds. The van der Waals surface area contributed by atoms with Crippen molar-refractivity contribution in [3.63, 3.8) is 0 Å². The van der Waals surface area contributed by atoms with Gasteiger partial charge in [-0.3, -0.25) is 4.90 Å². The third-order valence-corrected chi connectivity index (χ3v) is 4.50. The zero-order valence-electron chi connectivity index (χ0n) is 11.5. The van der Waals surface area contributed by atoms with Crippen LogP contribution in [0.3, 0.4) is 0 Å². The van der Waals surface area contributed by atoms with E-state index in [1.54, 1.807) is 12.1 Å². The molecule has 2 aliphatic rings. The first-order valence-electron chi connectivity index (χ1n) is 6.99. The van der Waals surface area contributed by atoms with Gasteiger partial charge in [0.15, 0.2) is 0 Å².